The minimum absolute atomic E-state index is 0.139. The maximum Gasteiger partial charge on any atom is 0.269 e. The van der Waals surface area contributed by atoms with Crippen molar-refractivity contribution in [3.8, 4) is 0 Å². The van der Waals surface area contributed by atoms with Crippen molar-refractivity contribution in [3.63, 3.8) is 0 Å². The molecule has 4 nitrogen and oxygen atoms in total. The summed E-state index contributed by atoms with van der Waals surface area (Å²) in [7, 11) is 0. The third-order valence-corrected chi connectivity index (χ3v) is 3.05. The van der Waals surface area contributed by atoms with Gasteiger partial charge in [0.15, 0.2) is 0 Å². The summed E-state index contributed by atoms with van der Waals surface area (Å²) in [5, 5.41) is 14.2. The van der Waals surface area contributed by atoms with Crippen molar-refractivity contribution in [1.29, 1.82) is 0 Å². The number of non-ortho nitro benzene ring substituents is 1. The van der Waals surface area contributed by atoms with Gasteiger partial charge < -0.3 is 5.32 Å². The summed E-state index contributed by atoms with van der Waals surface area (Å²) >= 11 is 0. The van der Waals surface area contributed by atoms with Gasteiger partial charge in [-0.15, -0.1) is 0 Å². The number of nitrogens with zero attached hydrogens (tertiary/aromatic N) is 1. The van der Waals surface area contributed by atoms with Crippen molar-refractivity contribution in [2.75, 3.05) is 0 Å². The summed E-state index contributed by atoms with van der Waals surface area (Å²) < 4.78 is 0. The molecule has 0 heterocycles. The Kier molecular flexibility index (Phi) is 5.10. The molecule has 0 fully saturated rings. The molecule has 0 saturated heterocycles. The lowest BCUT2D eigenvalue weighted by molar-refractivity contribution is -0.384. The molecule has 1 aromatic rings. The van der Waals surface area contributed by atoms with Gasteiger partial charge in [-0.1, -0.05) is 26.0 Å². The Morgan fingerprint density at radius 1 is 1.35 bits per heavy atom. The Morgan fingerprint density at radius 3 is 2.53 bits per heavy atom. The van der Waals surface area contributed by atoms with Gasteiger partial charge in [-0.3, -0.25) is 10.1 Å². The zero-order valence-corrected chi connectivity index (χ0v) is 10.6. The van der Waals surface area contributed by atoms with Crippen LogP contribution < -0.4 is 5.32 Å². The molecule has 0 spiro atoms. The van der Waals surface area contributed by atoms with Crippen LogP contribution in [0, 0.1) is 10.1 Å². The average Bonchev–Trinajstić information content (AvgIpc) is 2.35. The molecular weight excluding hydrogens is 216 g/mol. The molecule has 0 aliphatic carbocycles. The first kappa shape index (κ1) is 13.6. The Balaban J connectivity index is 2.78. The third-order valence-electron chi connectivity index (χ3n) is 3.05. The molecule has 1 unspecified atom stereocenters. The zero-order chi connectivity index (χ0) is 12.8. The average molecular weight is 236 g/mol. The Bertz CT molecular complexity index is 375. The molecule has 1 rings (SSSR count). The SMILES string of the molecule is CCC(CC)NC(C)c1cccc([N+](=O)[O-])c1. The van der Waals surface area contributed by atoms with Gasteiger partial charge in [0.1, 0.15) is 0 Å². The van der Waals surface area contributed by atoms with Crippen molar-refractivity contribution in [1.82, 2.24) is 5.32 Å². The number of rotatable bonds is 6. The van der Waals surface area contributed by atoms with Crippen LogP contribution in [0.2, 0.25) is 0 Å². The van der Waals surface area contributed by atoms with E-state index in [9.17, 15) is 10.1 Å². The highest BCUT2D eigenvalue weighted by Gasteiger charge is 2.13. The minimum atomic E-state index is -0.354. The first-order chi connectivity index (χ1) is 8.08. The van der Waals surface area contributed by atoms with Gasteiger partial charge in [-0.25, -0.2) is 0 Å². The van der Waals surface area contributed by atoms with Crippen LogP contribution in [0.25, 0.3) is 0 Å². The fraction of sp³-hybridized carbons (Fsp3) is 0.538. The van der Waals surface area contributed by atoms with Gasteiger partial charge >= 0.3 is 0 Å². The summed E-state index contributed by atoms with van der Waals surface area (Å²) in [5.74, 6) is 0. The summed E-state index contributed by atoms with van der Waals surface area (Å²) in [6.07, 6.45) is 2.13. The van der Waals surface area contributed by atoms with Crippen molar-refractivity contribution in [3.05, 3.63) is 39.9 Å². The molecule has 0 saturated carbocycles. The van der Waals surface area contributed by atoms with E-state index in [4.69, 9.17) is 0 Å². The van der Waals surface area contributed by atoms with E-state index in [1.807, 2.05) is 13.0 Å². The van der Waals surface area contributed by atoms with Crippen LogP contribution in [0.5, 0.6) is 0 Å². The lowest BCUT2D eigenvalue weighted by atomic mass is 10.1. The maximum absolute atomic E-state index is 10.7. The van der Waals surface area contributed by atoms with Crippen molar-refractivity contribution in [2.24, 2.45) is 0 Å². The van der Waals surface area contributed by atoms with Gasteiger partial charge in [-0.05, 0) is 25.3 Å². The van der Waals surface area contributed by atoms with Gasteiger partial charge in [0.05, 0.1) is 4.92 Å². The topological polar surface area (TPSA) is 55.2 Å². The van der Waals surface area contributed by atoms with E-state index < -0.39 is 0 Å². The highest BCUT2D eigenvalue weighted by atomic mass is 16.6. The molecule has 0 aromatic heterocycles. The van der Waals surface area contributed by atoms with E-state index in [1.54, 1.807) is 12.1 Å². The quantitative estimate of drug-likeness (QED) is 0.608. The van der Waals surface area contributed by atoms with Crippen molar-refractivity contribution >= 4 is 5.69 Å². The molecule has 0 aliphatic rings. The first-order valence-electron chi connectivity index (χ1n) is 6.08. The van der Waals surface area contributed by atoms with Crippen LogP contribution in [0.15, 0.2) is 24.3 Å². The monoisotopic (exact) mass is 236 g/mol. The van der Waals surface area contributed by atoms with Crippen LogP contribution >= 0.6 is 0 Å². The summed E-state index contributed by atoms with van der Waals surface area (Å²) in [4.78, 5) is 10.3. The molecule has 1 atom stereocenters. The van der Waals surface area contributed by atoms with E-state index >= 15 is 0 Å². The lowest BCUT2D eigenvalue weighted by Crippen LogP contribution is -2.30. The van der Waals surface area contributed by atoms with Crippen molar-refractivity contribution in [2.45, 2.75) is 45.7 Å². The van der Waals surface area contributed by atoms with Gasteiger partial charge in [-0.2, -0.15) is 0 Å². The van der Waals surface area contributed by atoms with Gasteiger partial charge in [0.2, 0.25) is 0 Å². The molecule has 0 bridgehead atoms. The summed E-state index contributed by atoms with van der Waals surface area (Å²) in [5.41, 5.74) is 1.12. The highest BCUT2D eigenvalue weighted by molar-refractivity contribution is 5.35. The van der Waals surface area contributed by atoms with Crippen LogP contribution in [0.4, 0.5) is 5.69 Å². The summed E-state index contributed by atoms with van der Waals surface area (Å²) in [6, 6.07) is 7.42. The molecule has 0 radical (unpaired) electrons. The van der Waals surface area contributed by atoms with Gasteiger partial charge in [0, 0.05) is 24.2 Å². The Morgan fingerprint density at radius 2 is 2.00 bits per heavy atom. The van der Waals surface area contributed by atoms with Crippen LogP contribution in [-0.2, 0) is 0 Å². The second-order valence-corrected chi connectivity index (χ2v) is 4.25. The standard InChI is InChI=1S/C13H20N2O2/c1-4-12(5-2)14-10(3)11-7-6-8-13(9-11)15(16)17/h6-10,12,14H,4-5H2,1-3H3. The molecule has 94 valence electrons. The molecule has 0 aliphatic heterocycles. The lowest BCUT2D eigenvalue weighted by Gasteiger charge is -2.21. The van der Waals surface area contributed by atoms with E-state index in [2.05, 4.69) is 19.2 Å². The van der Waals surface area contributed by atoms with E-state index in [1.165, 1.54) is 6.07 Å². The number of nitrogens with one attached hydrogen (secondary N) is 1. The second kappa shape index (κ2) is 6.35. The first-order valence-corrected chi connectivity index (χ1v) is 6.08. The predicted molar refractivity (Wildman–Crippen MR) is 69.0 cm³/mol. The normalized spacial score (nSPS) is 12.7. The number of nitro groups is 1. The third kappa shape index (κ3) is 3.82. The van der Waals surface area contributed by atoms with Crippen LogP contribution in [-0.4, -0.2) is 11.0 Å². The fourth-order valence-corrected chi connectivity index (χ4v) is 1.88. The van der Waals surface area contributed by atoms with Crippen LogP contribution in [0.3, 0.4) is 0 Å². The number of benzene rings is 1. The Labute approximate surface area is 102 Å². The molecule has 4 heteroatoms. The fourth-order valence-electron chi connectivity index (χ4n) is 1.88. The number of hydrogen-bond donors (Lipinski definition) is 1. The molecule has 17 heavy (non-hydrogen) atoms. The number of hydrogen-bond acceptors (Lipinski definition) is 3. The maximum atomic E-state index is 10.7. The zero-order valence-electron chi connectivity index (χ0n) is 10.6. The van der Waals surface area contributed by atoms with Crippen LogP contribution in [0.1, 0.15) is 45.2 Å². The number of nitro benzene ring substituents is 1. The van der Waals surface area contributed by atoms with E-state index in [0.717, 1.165) is 18.4 Å². The Hall–Kier alpha value is -1.42. The molecular formula is C13H20N2O2. The molecule has 1 aromatic carbocycles. The van der Waals surface area contributed by atoms with E-state index in [0.29, 0.717) is 6.04 Å². The minimum Gasteiger partial charge on any atom is -0.307 e. The highest BCUT2D eigenvalue weighted by Crippen LogP contribution is 2.19. The van der Waals surface area contributed by atoms with Gasteiger partial charge in [0.25, 0.3) is 5.69 Å². The molecule has 1 N–H and O–H groups in total. The predicted octanol–water partition coefficient (Wildman–Crippen LogP) is 3.43. The van der Waals surface area contributed by atoms with Crippen molar-refractivity contribution < 1.29 is 4.92 Å². The second-order valence-electron chi connectivity index (χ2n) is 4.25. The smallest absolute Gasteiger partial charge is 0.269 e. The summed E-state index contributed by atoms with van der Waals surface area (Å²) in [6.45, 7) is 6.32. The van der Waals surface area contributed by atoms with E-state index in [-0.39, 0.29) is 16.7 Å². The molecule has 0 amide bonds. The largest absolute Gasteiger partial charge is 0.307 e.